The lowest BCUT2D eigenvalue weighted by molar-refractivity contribution is -0.125. The maximum Gasteiger partial charge on any atom is 0.413 e. The second kappa shape index (κ2) is 8.09. The molecule has 1 unspecified atom stereocenters. The molecule has 1 aliphatic heterocycles. The number of hydrogen-bond donors (Lipinski definition) is 1. The van der Waals surface area contributed by atoms with Crippen molar-refractivity contribution in [2.24, 2.45) is 0 Å². The third-order valence-electron chi connectivity index (χ3n) is 3.39. The smallest absolute Gasteiger partial charge is 0.413 e. The van der Waals surface area contributed by atoms with E-state index in [0.29, 0.717) is 0 Å². The zero-order valence-corrected chi connectivity index (χ0v) is 13.2. The van der Waals surface area contributed by atoms with Gasteiger partial charge in [-0.15, -0.1) is 0 Å². The Morgan fingerprint density at radius 1 is 1.21 bits per heavy atom. The second-order valence-corrected chi connectivity index (χ2v) is 5.14. The first-order valence-electron chi connectivity index (χ1n) is 7.48. The summed E-state index contributed by atoms with van der Waals surface area (Å²) in [5.41, 5.74) is 0.781. The van der Waals surface area contributed by atoms with E-state index in [9.17, 15) is 19.2 Å². The number of Topliss-reactive ketones (excluding diaryl/α,β-unsaturated/α-hetero) is 1. The van der Waals surface area contributed by atoms with Crippen molar-refractivity contribution in [3.63, 3.8) is 0 Å². The van der Waals surface area contributed by atoms with Crippen molar-refractivity contribution >= 4 is 23.9 Å². The number of amides is 3. The van der Waals surface area contributed by atoms with Gasteiger partial charge in [0.2, 0.25) is 0 Å². The molecule has 3 amide bonds. The Labute approximate surface area is 138 Å². The summed E-state index contributed by atoms with van der Waals surface area (Å²) in [5, 5.41) is 2.00. The number of rotatable bonds is 4. The third kappa shape index (κ3) is 4.55. The van der Waals surface area contributed by atoms with Crippen LogP contribution in [0.3, 0.4) is 0 Å². The number of ether oxygens (including phenoxy) is 2. The van der Waals surface area contributed by atoms with Crippen LogP contribution >= 0.6 is 0 Å². The lowest BCUT2D eigenvalue weighted by atomic mass is 10.2. The van der Waals surface area contributed by atoms with Crippen LogP contribution in [0.4, 0.5) is 9.59 Å². The molecular weight excluding hydrogens is 316 g/mol. The van der Waals surface area contributed by atoms with E-state index in [-0.39, 0.29) is 32.0 Å². The Balaban J connectivity index is 1.95. The van der Waals surface area contributed by atoms with Crippen LogP contribution < -0.4 is 5.32 Å². The molecule has 128 valence electrons. The Bertz CT molecular complexity index is 631. The predicted octanol–water partition coefficient (Wildman–Crippen LogP) is 1.24. The number of ketones is 1. The van der Waals surface area contributed by atoms with Gasteiger partial charge in [0.1, 0.15) is 12.6 Å². The summed E-state index contributed by atoms with van der Waals surface area (Å²) >= 11 is 0. The summed E-state index contributed by atoms with van der Waals surface area (Å²) in [7, 11) is 0. The average molecular weight is 334 g/mol. The highest BCUT2D eigenvalue weighted by molar-refractivity contribution is 6.02. The fourth-order valence-corrected chi connectivity index (χ4v) is 2.27. The number of hydrogen-bond acceptors (Lipinski definition) is 6. The molecule has 1 fully saturated rings. The molecule has 2 rings (SSSR count). The molecule has 1 atom stereocenters. The van der Waals surface area contributed by atoms with Crippen molar-refractivity contribution in [1.82, 2.24) is 10.2 Å². The molecule has 1 aliphatic rings. The lowest BCUT2D eigenvalue weighted by Crippen LogP contribution is -2.47. The summed E-state index contributed by atoms with van der Waals surface area (Å²) in [6, 6.07) is 7.93. The van der Waals surface area contributed by atoms with Gasteiger partial charge in [0.15, 0.2) is 5.78 Å². The van der Waals surface area contributed by atoms with Gasteiger partial charge < -0.3 is 9.47 Å². The maximum absolute atomic E-state index is 12.1. The van der Waals surface area contributed by atoms with Gasteiger partial charge in [0.05, 0.1) is 13.2 Å². The minimum absolute atomic E-state index is 0.0244. The minimum Gasteiger partial charge on any atom is -0.450 e. The lowest BCUT2D eigenvalue weighted by Gasteiger charge is -2.22. The molecule has 8 heteroatoms. The van der Waals surface area contributed by atoms with Crippen LogP contribution in [-0.4, -0.2) is 48.0 Å². The maximum atomic E-state index is 12.1. The minimum atomic E-state index is -1.08. The van der Waals surface area contributed by atoms with Crippen molar-refractivity contribution in [1.29, 1.82) is 0 Å². The van der Waals surface area contributed by atoms with Crippen LogP contribution in [0.1, 0.15) is 18.9 Å². The van der Waals surface area contributed by atoms with Crippen LogP contribution in [0.15, 0.2) is 30.3 Å². The van der Waals surface area contributed by atoms with Gasteiger partial charge in [-0.25, -0.2) is 9.59 Å². The molecule has 8 nitrogen and oxygen atoms in total. The standard InChI is InChI=1S/C16H18N2O6/c1-2-23-15(21)17-14(20)13-8-12(19)9-18(13)16(22)24-10-11-6-4-3-5-7-11/h3-7,13H,2,8-10H2,1H3,(H,17,20,21). The van der Waals surface area contributed by atoms with Gasteiger partial charge >= 0.3 is 12.2 Å². The molecule has 1 aromatic rings. The van der Waals surface area contributed by atoms with Crippen molar-refractivity contribution in [3.05, 3.63) is 35.9 Å². The largest absolute Gasteiger partial charge is 0.450 e. The molecule has 1 N–H and O–H groups in total. The first kappa shape index (κ1) is 17.5. The second-order valence-electron chi connectivity index (χ2n) is 5.14. The zero-order chi connectivity index (χ0) is 17.5. The van der Waals surface area contributed by atoms with Crippen molar-refractivity contribution in [3.8, 4) is 0 Å². The van der Waals surface area contributed by atoms with E-state index in [1.165, 1.54) is 0 Å². The van der Waals surface area contributed by atoms with Gasteiger partial charge in [0.25, 0.3) is 5.91 Å². The number of nitrogens with zero attached hydrogens (tertiary/aromatic N) is 1. The predicted molar refractivity (Wildman–Crippen MR) is 81.9 cm³/mol. The number of nitrogens with one attached hydrogen (secondary N) is 1. The number of likely N-dealkylation sites (tertiary alicyclic amines) is 1. The van der Waals surface area contributed by atoms with Crippen LogP contribution in [-0.2, 0) is 25.7 Å². The fraction of sp³-hybridized carbons (Fsp3) is 0.375. The summed E-state index contributed by atoms with van der Waals surface area (Å²) in [6.45, 7) is 1.49. The highest BCUT2D eigenvalue weighted by atomic mass is 16.6. The van der Waals surface area contributed by atoms with E-state index in [0.717, 1.165) is 10.5 Å². The van der Waals surface area contributed by atoms with Crippen LogP contribution in [0.2, 0.25) is 0 Å². The molecule has 0 aromatic heterocycles. The SMILES string of the molecule is CCOC(=O)NC(=O)C1CC(=O)CN1C(=O)OCc1ccccc1. The van der Waals surface area contributed by atoms with Gasteiger partial charge in [-0.1, -0.05) is 30.3 Å². The molecule has 0 radical (unpaired) electrons. The van der Waals surface area contributed by atoms with Crippen molar-refractivity contribution < 1.29 is 28.7 Å². The Morgan fingerprint density at radius 3 is 2.58 bits per heavy atom. The third-order valence-corrected chi connectivity index (χ3v) is 3.39. The van der Waals surface area contributed by atoms with Gasteiger partial charge in [-0.05, 0) is 12.5 Å². The first-order valence-corrected chi connectivity index (χ1v) is 7.48. The van der Waals surface area contributed by atoms with E-state index >= 15 is 0 Å². The Morgan fingerprint density at radius 2 is 1.92 bits per heavy atom. The van der Waals surface area contributed by atoms with E-state index in [1.807, 2.05) is 11.4 Å². The number of benzene rings is 1. The first-order chi connectivity index (χ1) is 11.5. The zero-order valence-electron chi connectivity index (χ0n) is 13.2. The molecule has 0 aliphatic carbocycles. The number of alkyl carbamates (subject to hydrolysis) is 1. The molecule has 0 bridgehead atoms. The van der Waals surface area contributed by atoms with Crippen LogP contribution in [0.25, 0.3) is 0 Å². The van der Waals surface area contributed by atoms with E-state index in [4.69, 9.17) is 4.74 Å². The summed E-state index contributed by atoms with van der Waals surface area (Å²) in [4.78, 5) is 48.1. The molecular formula is C16H18N2O6. The van der Waals surface area contributed by atoms with Crippen molar-refractivity contribution in [2.75, 3.05) is 13.2 Å². The van der Waals surface area contributed by atoms with E-state index < -0.39 is 24.1 Å². The quantitative estimate of drug-likeness (QED) is 0.889. The Kier molecular flexibility index (Phi) is 5.89. The average Bonchev–Trinajstić information content (AvgIpc) is 2.96. The van der Waals surface area contributed by atoms with E-state index in [2.05, 4.69) is 4.74 Å². The van der Waals surface area contributed by atoms with Crippen molar-refractivity contribution in [2.45, 2.75) is 26.0 Å². The van der Waals surface area contributed by atoms with Crippen LogP contribution in [0, 0.1) is 0 Å². The monoisotopic (exact) mass is 334 g/mol. The molecule has 1 aromatic carbocycles. The highest BCUT2D eigenvalue weighted by Crippen LogP contribution is 2.17. The Hall–Kier alpha value is -2.90. The van der Waals surface area contributed by atoms with Gasteiger partial charge in [-0.2, -0.15) is 0 Å². The molecule has 0 saturated carbocycles. The molecule has 1 saturated heterocycles. The number of carbonyl (C=O) groups excluding carboxylic acids is 4. The summed E-state index contributed by atoms with van der Waals surface area (Å²) < 4.78 is 9.74. The topological polar surface area (TPSA) is 102 Å². The highest BCUT2D eigenvalue weighted by Gasteiger charge is 2.40. The molecule has 0 spiro atoms. The molecule has 24 heavy (non-hydrogen) atoms. The number of carbonyl (C=O) groups is 4. The summed E-state index contributed by atoms with van der Waals surface area (Å²) in [6.07, 6.45) is -1.86. The fourth-order valence-electron chi connectivity index (χ4n) is 2.27. The number of imide groups is 1. The van der Waals surface area contributed by atoms with Gasteiger partial charge in [-0.3, -0.25) is 19.8 Å². The van der Waals surface area contributed by atoms with Crippen LogP contribution in [0.5, 0.6) is 0 Å². The summed E-state index contributed by atoms with van der Waals surface area (Å²) in [5.74, 6) is -1.05. The molecule has 1 heterocycles. The van der Waals surface area contributed by atoms with Gasteiger partial charge in [0, 0.05) is 6.42 Å². The normalized spacial score (nSPS) is 16.6. The van der Waals surface area contributed by atoms with E-state index in [1.54, 1.807) is 31.2 Å².